The van der Waals surface area contributed by atoms with Gasteiger partial charge in [0, 0.05) is 11.4 Å². The fourth-order valence-corrected chi connectivity index (χ4v) is 1.17. The van der Waals surface area contributed by atoms with Gasteiger partial charge in [-0.3, -0.25) is 10.1 Å². The highest BCUT2D eigenvalue weighted by atomic mass is 16.5. The minimum Gasteiger partial charge on any atom is -0.480 e. The van der Waals surface area contributed by atoms with Crippen LogP contribution in [0.15, 0.2) is 24.3 Å². The van der Waals surface area contributed by atoms with Crippen molar-refractivity contribution in [1.82, 2.24) is 0 Å². The maximum Gasteiger partial charge on any atom is 0.411 e. The predicted octanol–water partition coefficient (Wildman–Crippen LogP) is 1.75. The normalized spacial score (nSPS) is 11.4. The lowest BCUT2D eigenvalue weighted by molar-refractivity contribution is -0.137. The summed E-state index contributed by atoms with van der Waals surface area (Å²) in [5, 5.41) is 14.0. The van der Waals surface area contributed by atoms with Crippen molar-refractivity contribution in [2.24, 2.45) is 0 Å². The van der Waals surface area contributed by atoms with Crippen LogP contribution in [0.4, 0.5) is 16.2 Å². The number of ether oxygens (including phenoxy) is 1. The van der Waals surface area contributed by atoms with E-state index in [-0.39, 0.29) is 0 Å². The number of nitrogens with one attached hydrogen (secondary N) is 2. The molecule has 0 fully saturated rings. The first-order valence-electron chi connectivity index (χ1n) is 4.97. The van der Waals surface area contributed by atoms with Gasteiger partial charge in [-0.2, -0.15) is 0 Å². The zero-order chi connectivity index (χ0) is 12.8. The summed E-state index contributed by atoms with van der Waals surface area (Å²) in [5.41, 5.74) is 1.13. The first kappa shape index (κ1) is 12.8. The average molecular weight is 238 g/mol. The highest BCUT2D eigenvalue weighted by Crippen LogP contribution is 2.16. The lowest BCUT2D eigenvalue weighted by Gasteiger charge is -2.12. The molecule has 0 radical (unpaired) electrons. The molecule has 1 unspecified atom stereocenters. The summed E-state index contributed by atoms with van der Waals surface area (Å²) in [6.45, 7) is 1.53. The maximum absolute atomic E-state index is 11.0. The second-order valence-electron chi connectivity index (χ2n) is 3.40. The average Bonchev–Trinajstić information content (AvgIpc) is 2.29. The summed E-state index contributed by atoms with van der Waals surface area (Å²) in [4.78, 5) is 21.6. The molecule has 1 amide bonds. The molecule has 17 heavy (non-hydrogen) atoms. The van der Waals surface area contributed by atoms with E-state index in [1.165, 1.54) is 14.0 Å². The monoisotopic (exact) mass is 238 g/mol. The number of carboxylic acid groups (broad SMARTS) is 1. The summed E-state index contributed by atoms with van der Waals surface area (Å²) >= 11 is 0. The molecular weight excluding hydrogens is 224 g/mol. The SMILES string of the molecule is COC(=O)Nc1cccc(NC(C)C(=O)O)c1. The molecule has 0 aromatic heterocycles. The van der Waals surface area contributed by atoms with Crippen molar-refractivity contribution < 1.29 is 19.4 Å². The number of methoxy groups -OCH3 is 1. The zero-order valence-electron chi connectivity index (χ0n) is 9.56. The van der Waals surface area contributed by atoms with Crippen LogP contribution in [0.2, 0.25) is 0 Å². The highest BCUT2D eigenvalue weighted by molar-refractivity contribution is 5.85. The van der Waals surface area contributed by atoms with E-state index in [0.29, 0.717) is 11.4 Å². The van der Waals surface area contributed by atoms with E-state index in [0.717, 1.165) is 0 Å². The number of benzene rings is 1. The molecule has 1 aromatic carbocycles. The number of hydrogen-bond donors (Lipinski definition) is 3. The Kier molecular flexibility index (Phi) is 4.33. The van der Waals surface area contributed by atoms with Crippen LogP contribution >= 0.6 is 0 Å². The van der Waals surface area contributed by atoms with Crippen molar-refractivity contribution >= 4 is 23.4 Å². The third-order valence-electron chi connectivity index (χ3n) is 2.05. The maximum atomic E-state index is 11.0. The number of aliphatic carboxylic acids is 1. The standard InChI is InChI=1S/C11H14N2O4/c1-7(10(14)15)12-8-4-3-5-9(6-8)13-11(16)17-2/h3-7,12H,1-2H3,(H,13,16)(H,14,15). The van der Waals surface area contributed by atoms with Crippen molar-refractivity contribution in [3.8, 4) is 0 Å². The number of carbonyl (C=O) groups excluding carboxylic acids is 1. The molecule has 1 atom stereocenters. The fourth-order valence-electron chi connectivity index (χ4n) is 1.17. The van der Waals surface area contributed by atoms with Crippen LogP contribution in [0.3, 0.4) is 0 Å². The van der Waals surface area contributed by atoms with Gasteiger partial charge in [-0.1, -0.05) is 6.07 Å². The van der Waals surface area contributed by atoms with Gasteiger partial charge in [0.25, 0.3) is 0 Å². The Morgan fingerprint density at radius 1 is 1.35 bits per heavy atom. The largest absolute Gasteiger partial charge is 0.480 e. The van der Waals surface area contributed by atoms with Crippen LogP contribution < -0.4 is 10.6 Å². The van der Waals surface area contributed by atoms with Crippen LogP contribution in [0.5, 0.6) is 0 Å². The van der Waals surface area contributed by atoms with E-state index in [9.17, 15) is 9.59 Å². The molecule has 0 saturated carbocycles. The summed E-state index contributed by atoms with van der Waals surface area (Å²) in [6, 6.07) is 6.00. The fraction of sp³-hybridized carbons (Fsp3) is 0.273. The van der Waals surface area contributed by atoms with Crippen LogP contribution in [0.25, 0.3) is 0 Å². The molecule has 0 bridgehead atoms. The minimum absolute atomic E-state index is 0.527. The lowest BCUT2D eigenvalue weighted by Crippen LogP contribution is -2.25. The van der Waals surface area contributed by atoms with Crippen molar-refractivity contribution in [1.29, 1.82) is 0 Å². The van der Waals surface area contributed by atoms with Gasteiger partial charge in [0.2, 0.25) is 0 Å². The number of amides is 1. The molecular formula is C11H14N2O4. The second kappa shape index (κ2) is 5.74. The molecule has 0 saturated heterocycles. The zero-order valence-corrected chi connectivity index (χ0v) is 9.56. The minimum atomic E-state index is -0.948. The second-order valence-corrected chi connectivity index (χ2v) is 3.40. The smallest absolute Gasteiger partial charge is 0.411 e. The summed E-state index contributed by atoms with van der Waals surface area (Å²) in [6.07, 6.45) is -0.576. The Morgan fingerprint density at radius 2 is 2.00 bits per heavy atom. The van der Waals surface area contributed by atoms with Crippen LogP contribution in [0, 0.1) is 0 Å². The van der Waals surface area contributed by atoms with E-state index in [4.69, 9.17) is 5.11 Å². The summed E-state index contributed by atoms with van der Waals surface area (Å²) in [7, 11) is 1.27. The Morgan fingerprint density at radius 3 is 2.59 bits per heavy atom. The van der Waals surface area contributed by atoms with Gasteiger partial charge < -0.3 is 15.2 Å². The van der Waals surface area contributed by atoms with Crippen LogP contribution in [0.1, 0.15) is 6.92 Å². The molecule has 92 valence electrons. The molecule has 0 aliphatic carbocycles. The Bertz CT molecular complexity index is 420. The van der Waals surface area contributed by atoms with Crippen molar-refractivity contribution in [3.05, 3.63) is 24.3 Å². The van der Waals surface area contributed by atoms with Crippen molar-refractivity contribution in [2.75, 3.05) is 17.7 Å². The molecule has 0 aliphatic heterocycles. The number of rotatable bonds is 4. The van der Waals surface area contributed by atoms with Crippen molar-refractivity contribution in [3.63, 3.8) is 0 Å². The van der Waals surface area contributed by atoms with Gasteiger partial charge in [-0.25, -0.2) is 4.79 Å². The van der Waals surface area contributed by atoms with Gasteiger partial charge in [0.1, 0.15) is 6.04 Å². The number of anilines is 2. The third-order valence-corrected chi connectivity index (χ3v) is 2.05. The Balaban J connectivity index is 2.72. The van der Waals surface area contributed by atoms with Crippen LogP contribution in [-0.4, -0.2) is 30.3 Å². The quantitative estimate of drug-likeness (QED) is 0.743. The molecule has 0 spiro atoms. The summed E-state index contributed by atoms with van der Waals surface area (Å²) < 4.78 is 4.45. The molecule has 1 aromatic rings. The number of carboxylic acids is 1. The van der Waals surface area contributed by atoms with Gasteiger partial charge >= 0.3 is 12.1 Å². The number of hydrogen-bond acceptors (Lipinski definition) is 4. The van der Waals surface area contributed by atoms with E-state index in [1.54, 1.807) is 24.3 Å². The third kappa shape index (κ3) is 4.02. The Labute approximate surface area is 98.6 Å². The van der Waals surface area contributed by atoms with E-state index in [1.807, 2.05) is 0 Å². The molecule has 6 heteroatoms. The number of carbonyl (C=O) groups is 2. The van der Waals surface area contributed by atoms with Gasteiger partial charge in [-0.05, 0) is 25.1 Å². The van der Waals surface area contributed by atoms with Gasteiger partial charge in [0.05, 0.1) is 7.11 Å². The van der Waals surface area contributed by atoms with Gasteiger partial charge in [-0.15, -0.1) is 0 Å². The van der Waals surface area contributed by atoms with E-state index < -0.39 is 18.1 Å². The molecule has 6 nitrogen and oxygen atoms in total. The first-order chi connectivity index (χ1) is 8.02. The lowest BCUT2D eigenvalue weighted by atomic mass is 10.2. The van der Waals surface area contributed by atoms with Gasteiger partial charge in [0.15, 0.2) is 0 Å². The summed E-state index contributed by atoms with van der Waals surface area (Å²) in [5.74, 6) is -0.948. The van der Waals surface area contributed by atoms with Crippen LogP contribution in [-0.2, 0) is 9.53 Å². The predicted molar refractivity (Wildman–Crippen MR) is 63.2 cm³/mol. The van der Waals surface area contributed by atoms with E-state index in [2.05, 4.69) is 15.4 Å². The van der Waals surface area contributed by atoms with E-state index >= 15 is 0 Å². The molecule has 1 rings (SSSR count). The molecule has 0 heterocycles. The topological polar surface area (TPSA) is 87.7 Å². The Hall–Kier alpha value is -2.24. The molecule has 0 aliphatic rings. The highest BCUT2D eigenvalue weighted by Gasteiger charge is 2.10. The van der Waals surface area contributed by atoms with Crippen molar-refractivity contribution in [2.45, 2.75) is 13.0 Å². The molecule has 3 N–H and O–H groups in total. The first-order valence-corrected chi connectivity index (χ1v) is 4.97.